The first kappa shape index (κ1) is 22.8. The molecule has 0 aromatic heterocycles. The highest BCUT2D eigenvalue weighted by Crippen LogP contribution is 2.21. The third-order valence-corrected chi connectivity index (χ3v) is 3.79. The second-order valence-corrected chi connectivity index (χ2v) is 8.89. The van der Waals surface area contributed by atoms with E-state index in [1.54, 1.807) is 20.8 Å². The average molecular weight is 408 g/mol. The van der Waals surface area contributed by atoms with Gasteiger partial charge in [-0.15, -0.1) is 0 Å². The van der Waals surface area contributed by atoms with Crippen molar-refractivity contribution in [3.05, 3.63) is 24.3 Å². The van der Waals surface area contributed by atoms with Crippen molar-refractivity contribution in [2.75, 3.05) is 36.5 Å². The fourth-order valence-corrected chi connectivity index (χ4v) is 2.67. The van der Waals surface area contributed by atoms with Gasteiger partial charge in [0.05, 0.1) is 6.61 Å². The Kier molecular flexibility index (Phi) is 7.35. The molecule has 1 heterocycles. The van der Waals surface area contributed by atoms with Crippen LogP contribution in [0.3, 0.4) is 0 Å². The topological polar surface area (TPSA) is 86.3 Å². The van der Waals surface area contributed by atoms with E-state index in [9.17, 15) is 9.59 Å². The van der Waals surface area contributed by atoms with Gasteiger partial charge in [0, 0.05) is 24.5 Å². The molecule has 1 aromatic carbocycles. The van der Waals surface area contributed by atoms with E-state index in [1.807, 2.05) is 45.0 Å². The molecular formula is C21H32N2O6. The molecule has 0 radical (unpaired) electrons. The van der Waals surface area contributed by atoms with Gasteiger partial charge in [-0.25, -0.2) is 9.59 Å². The summed E-state index contributed by atoms with van der Waals surface area (Å²) in [5.41, 5.74) is 0.506. The molecule has 29 heavy (non-hydrogen) atoms. The SMILES string of the molecule is CC(C)(C)OC(=O)Nc1ccc(N2CCOC(COC(=O)OC(C)(C)C)C2)cc1. The molecule has 1 atom stereocenters. The normalized spacial score (nSPS) is 17.4. The summed E-state index contributed by atoms with van der Waals surface area (Å²) < 4.78 is 21.2. The summed E-state index contributed by atoms with van der Waals surface area (Å²) >= 11 is 0. The number of morpholine rings is 1. The smallest absolute Gasteiger partial charge is 0.444 e. The molecule has 162 valence electrons. The molecule has 1 saturated heterocycles. The van der Waals surface area contributed by atoms with Crippen LogP contribution in [0.5, 0.6) is 0 Å². The number of hydrogen-bond donors (Lipinski definition) is 1. The van der Waals surface area contributed by atoms with E-state index < -0.39 is 23.5 Å². The van der Waals surface area contributed by atoms with E-state index in [4.69, 9.17) is 18.9 Å². The maximum Gasteiger partial charge on any atom is 0.508 e. The number of amides is 1. The van der Waals surface area contributed by atoms with Gasteiger partial charge in [-0.3, -0.25) is 5.32 Å². The molecule has 1 unspecified atom stereocenters. The second kappa shape index (κ2) is 9.35. The molecule has 1 aromatic rings. The Labute approximate surface area is 172 Å². The third kappa shape index (κ3) is 8.60. The minimum absolute atomic E-state index is 0.129. The van der Waals surface area contributed by atoms with Gasteiger partial charge in [0.1, 0.15) is 23.9 Å². The number of nitrogens with zero attached hydrogens (tertiary/aromatic N) is 1. The first-order valence-electron chi connectivity index (χ1n) is 9.74. The largest absolute Gasteiger partial charge is 0.508 e. The highest BCUT2D eigenvalue weighted by molar-refractivity contribution is 5.85. The Balaban J connectivity index is 1.85. The fourth-order valence-electron chi connectivity index (χ4n) is 2.67. The molecule has 8 heteroatoms. The van der Waals surface area contributed by atoms with Gasteiger partial charge in [-0.1, -0.05) is 0 Å². The van der Waals surface area contributed by atoms with Crippen molar-refractivity contribution >= 4 is 23.6 Å². The molecule has 0 spiro atoms. The molecule has 0 saturated carbocycles. The molecule has 1 fully saturated rings. The number of carbonyl (C=O) groups excluding carboxylic acids is 2. The van der Waals surface area contributed by atoms with Crippen molar-refractivity contribution < 1.29 is 28.5 Å². The summed E-state index contributed by atoms with van der Waals surface area (Å²) in [6.45, 7) is 12.8. The Hall–Kier alpha value is -2.48. The maximum atomic E-state index is 11.9. The van der Waals surface area contributed by atoms with Gasteiger partial charge < -0.3 is 23.8 Å². The minimum atomic E-state index is -0.698. The zero-order chi connectivity index (χ0) is 21.7. The van der Waals surface area contributed by atoms with E-state index >= 15 is 0 Å². The van der Waals surface area contributed by atoms with Crippen LogP contribution in [-0.2, 0) is 18.9 Å². The third-order valence-electron chi connectivity index (χ3n) is 3.79. The summed E-state index contributed by atoms with van der Waals surface area (Å²) in [7, 11) is 0. The number of rotatable bonds is 4. The van der Waals surface area contributed by atoms with Crippen molar-refractivity contribution in [1.82, 2.24) is 0 Å². The number of hydrogen-bond acceptors (Lipinski definition) is 7. The molecule has 8 nitrogen and oxygen atoms in total. The van der Waals surface area contributed by atoms with E-state index in [2.05, 4.69) is 10.2 Å². The van der Waals surface area contributed by atoms with Crippen molar-refractivity contribution in [1.29, 1.82) is 0 Å². The zero-order valence-corrected chi connectivity index (χ0v) is 18.1. The standard InChI is InChI=1S/C21H32N2O6/c1-20(2,3)28-18(24)22-15-7-9-16(10-8-15)23-11-12-26-17(13-23)14-27-19(25)29-21(4,5)6/h7-10,17H,11-14H2,1-6H3,(H,22,24). The predicted octanol–water partition coefficient (Wildman–Crippen LogP) is 4.19. The van der Waals surface area contributed by atoms with Crippen LogP contribution in [0.1, 0.15) is 41.5 Å². The highest BCUT2D eigenvalue weighted by atomic mass is 16.7. The van der Waals surface area contributed by atoms with Gasteiger partial charge in [-0.05, 0) is 65.8 Å². The first-order valence-corrected chi connectivity index (χ1v) is 9.74. The molecule has 1 aliphatic heterocycles. The van der Waals surface area contributed by atoms with Gasteiger partial charge in [0.2, 0.25) is 0 Å². The van der Waals surface area contributed by atoms with Crippen LogP contribution in [0, 0.1) is 0 Å². The van der Waals surface area contributed by atoms with E-state index in [0.29, 0.717) is 18.8 Å². The molecule has 0 aliphatic carbocycles. The fraction of sp³-hybridized carbons (Fsp3) is 0.619. The molecule has 2 rings (SSSR count). The van der Waals surface area contributed by atoms with Gasteiger partial charge in [0.25, 0.3) is 0 Å². The predicted molar refractivity (Wildman–Crippen MR) is 110 cm³/mol. The number of carbonyl (C=O) groups is 2. The summed E-state index contributed by atoms with van der Waals surface area (Å²) in [6.07, 6.45) is -1.43. The van der Waals surface area contributed by atoms with E-state index in [0.717, 1.165) is 12.2 Å². The van der Waals surface area contributed by atoms with Crippen molar-refractivity contribution in [2.24, 2.45) is 0 Å². The lowest BCUT2D eigenvalue weighted by Crippen LogP contribution is -2.45. The first-order chi connectivity index (χ1) is 13.4. The molecular weight excluding hydrogens is 376 g/mol. The summed E-state index contributed by atoms with van der Waals surface area (Å²) in [5.74, 6) is 0. The average Bonchev–Trinajstić information content (AvgIpc) is 2.58. The highest BCUT2D eigenvalue weighted by Gasteiger charge is 2.24. The Morgan fingerprint density at radius 1 is 1.07 bits per heavy atom. The number of anilines is 2. The quantitative estimate of drug-likeness (QED) is 0.748. The van der Waals surface area contributed by atoms with Crippen molar-refractivity contribution in [3.63, 3.8) is 0 Å². The Morgan fingerprint density at radius 2 is 1.69 bits per heavy atom. The second-order valence-electron chi connectivity index (χ2n) is 8.89. The van der Waals surface area contributed by atoms with Crippen LogP contribution in [-0.4, -0.2) is 55.9 Å². The lowest BCUT2D eigenvalue weighted by molar-refractivity contribution is -0.0447. The van der Waals surface area contributed by atoms with Crippen LogP contribution in [0.4, 0.5) is 21.0 Å². The number of ether oxygens (including phenoxy) is 4. The maximum absolute atomic E-state index is 11.9. The number of nitrogens with one attached hydrogen (secondary N) is 1. The van der Waals surface area contributed by atoms with Crippen molar-refractivity contribution in [2.45, 2.75) is 58.8 Å². The van der Waals surface area contributed by atoms with Crippen LogP contribution in [0.2, 0.25) is 0 Å². The van der Waals surface area contributed by atoms with Crippen molar-refractivity contribution in [3.8, 4) is 0 Å². The van der Waals surface area contributed by atoms with E-state index in [1.165, 1.54) is 0 Å². The van der Waals surface area contributed by atoms with Crippen LogP contribution in [0.15, 0.2) is 24.3 Å². The molecule has 1 amide bonds. The summed E-state index contributed by atoms with van der Waals surface area (Å²) in [6, 6.07) is 7.48. The molecule has 1 aliphatic rings. The monoisotopic (exact) mass is 408 g/mol. The molecule has 1 N–H and O–H groups in total. The van der Waals surface area contributed by atoms with E-state index in [-0.39, 0.29) is 12.7 Å². The zero-order valence-electron chi connectivity index (χ0n) is 18.1. The minimum Gasteiger partial charge on any atom is -0.444 e. The van der Waals surface area contributed by atoms with Crippen LogP contribution in [0.25, 0.3) is 0 Å². The number of benzene rings is 1. The molecule has 0 bridgehead atoms. The lowest BCUT2D eigenvalue weighted by atomic mass is 10.2. The summed E-state index contributed by atoms with van der Waals surface area (Å²) in [5, 5.41) is 2.71. The van der Waals surface area contributed by atoms with Crippen LogP contribution >= 0.6 is 0 Å². The Morgan fingerprint density at radius 3 is 2.28 bits per heavy atom. The van der Waals surface area contributed by atoms with Gasteiger partial charge in [-0.2, -0.15) is 0 Å². The lowest BCUT2D eigenvalue weighted by Gasteiger charge is -2.34. The van der Waals surface area contributed by atoms with Gasteiger partial charge in [0.15, 0.2) is 0 Å². The van der Waals surface area contributed by atoms with Crippen LogP contribution < -0.4 is 10.2 Å². The van der Waals surface area contributed by atoms with Gasteiger partial charge >= 0.3 is 12.2 Å². The Bertz CT molecular complexity index is 691. The summed E-state index contributed by atoms with van der Waals surface area (Å²) in [4.78, 5) is 25.7.